The molecule has 2 N–H and O–H groups in total. The Labute approximate surface area is 133 Å². The summed E-state index contributed by atoms with van der Waals surface area (Å²) in [6, 6.07) is 4.88. The van der Waals surface area contributed by atoms with E-state index >= 15 is 0 Å². The van der Waals surface area contributed by atoms with E-state index in [1.807, 2.05) is 0 Å². The summed E-state index contributed by atoms with van der Waals surface area (Å²) < 4.78 is 18.9. The number of nitrogens with zero attached hydrogens (tertiary/aromatic N) is 2. The molecule has 0 radical (unpaired) electrons. The quantitative estimate of drug-likeness (QED) is 0.302. The fourth-order valence-electron chi connectivity index (χ4n) is 1.24. The predicted molar refractivity (Wildman–Crippen MR) is 79.3 cm³/mol. The first-order chi connectivity index (χ1) is 11.0. The summed E-state index contributed by atoms with van der Waals surface area (Å²) in [4.78, 5) is 34.9. The monoisotopic (exact) mass is 340 g/mol. The number of aliphatic hydroxyl groups excluding tert-OH is 1. The van der Waals surface area contributed by atoms with Crippen LogP contribution in [0.2, 0.25) is 0 Å². The van der Waals surface area contributed by atoms with Crippen LogP contribution in [0.1, 0.15) is 5.56 Å². The second kappa shape index (κ2) is 13.2. The number of hydrogen-bond donors (Lipinski definition) is 2. The molecule has 0 spiro atoms. The van der Waals surface area contributed by atoms with Crippen LogP contribution >= 0.6 is 0 Å². The Morgan fingerprint density at radius 2 is 1.87 bits per heavy atom. The van der Waals surface area contributed by atoms with Gasteiger partial charge in [0.05, 0.1) is 37.8 Å². The maximum Gasteiger partial charge on any atom is 0.764 e. The Morgan fingerprint density at radius 1 is 1.17 bits per heavy atom. The van der Waals surface area contributed by atoms with Gasteiger partial charge in [-0.25, -0.2) is 9.59 Å². The van der Waals surface area contributed by atoms with Gasteiger partial charge < -0.3 is 19.1 Å². The Hall–Kier alpha value is -2.48. The fourth-order valence-corrected chi connectivity index (χ4v) is 1.50. The Bertz CT molecular complexity index is 596. The van der Waals surface area contributed by atoms with Crippen molar-refractivity contribution < 1.29 is 33.1 Å². The zero-order valence-corrected chi connectivity index (χ0v) is 13.4. The summed E-state index contributed by atoms with van der Waals surface area (Å²) >= 11 is 0. The number of isocyanates is 2. The van der Waals surface area contributed by atoms with E-state index in [-0.39, 0.29) is 26.4 Å². The van der Waals surface area contributed by atoms with Gasteiger partial charge in [-0.2, -0.15) is 9.98 Å². The van der Waals surface area contributed by atoms with E-state index in [4.69, 9.17) is 14.6 Å². The average Bonchev–Trinajstić information content (AvgIpc) is 2.51. The Balaban J connectivity index is 0.000000438. The molecule has 23 heavy (non-hydrogen) atoms. The third kappa shape index (κ3) is 10.8. The summed E-state index contributed by atoms with van der Waals surface area (Å²) in [5.74, 6) is 0. The highest BCUT2D eigenvalue weighted by Gasteiger charge is 2.01. The van der Waals surface area contributed by atoms with E-state index < -0.39 is 9.17 Å². The third-order valence-corrected chi connectivity index (χ3v) is 2.67. The summed E-state index contributed by atoms with van der Waals surface area (Å²) in [5, 5.41) is 8.20. The van der Waals surface area contributed by atoms with E-state index in [1.54, 1.807) is 19.1 Å². The second-order valence-electron chi connectivity index (χ2n) is 3.83. The molecule has 0 saturated carbocycles. The van der Waals surface area contributed by atoms with Crippen LogP contribution in [0.4, 0.5) is 11.4 Å². The number of ether oxygens (including phenoxy) is 1. The molecule has 1 aromatic rings. The van der Waals surface area contributed by atoms with Gasteiger partial charge in [0.25, 0.3) is 0 Å². The molecule has 124 valence electrons. The van der Waals surface area contributed by atoms with E-state index in [0.29, 0.717) is 11.4 Å². The average molecular weight is 340 g/mol. The van der Waals surface area contributed by atoms with Crippen molar-refractivity contribution in [1.82, 2.24) is 0 Å². The normalized spacial score (nSPS) is 8.78. The molecule has 0 aliphatic carbocycles. The van der Waals surface area contributed by atoms with E-state index in [2.05, 4.69) is 14.4 Å². The van der Waals surface area contributed by atoms with Crippen molar-refractivity contribution in [2.24, 2.45) is 9.98 Å². The van der Waals surface area contributed by atoms with Crippen LogP contribution < -0.4 is 0 Å². The predicted octanol–water partition coefficient (Wildman–Crippen LogP) is 0.349. The number of carbonyl (C=O) groups excluding carboxylic acids is 2. The van der Waals surface area contributed by atoms with Crippen LogP contribution in [0, 0.1) is 6.92 Å². The van der Waals surface area contributed by atoms with Crippen molar-refractivity contribution >= 4 is 32.7 Å². The molecular formula is C13H16N2O7Si. The summed E-state index contributed by atoms with van der Waals surface area (Å²) in [5.41, 5.74) is 1.72. The number of benzene rings is 1. The van der Waals surface area contributed by atoms with Crippen LogP contribution in [-0.2, 0) is 23.2 Å². The van der Waals surface area contributed by atoms with Gasteiger partial charge in [0.15, 0.2) is 0 Å². The Morgan fingerprint density at radius 3 is 2.43 bits per heavy atom. The summed E-state index contributed by atoms with van der Waals surface area (Å²) in [6.45, 7) is 2.31. The molecular weight excluding hydrogens is 324 g/mol. The van der Waals surface area contributed by atoms with Gasteiger partial charge in [0, 0.05) is 0 Å². The van der Waals surface area contributed by atoms with Crippen molar-refractivity contribution in [3.8, 4) is 0 Å². The maximum atomic E-state index is 10.00. The molecule has 0 aliphatic heterocycles. The number of aliphatic imine (C=N–C) groups is 2. The molecule has 0 saturated heterocycles. The lowest BCUT2D eigenvalue weighted by atomic mass is 10.2. The second-order valence-corrected chi connectivity index (χ2v) is 4.65. The van der Waals surface area contributed by atoms with Gasteiger partial charge in [0.2, 0.25) is 12.2 Å². The van der Waals surface area contributed by atoms with Crippen molar-refractivity contribution in [3.63, 3.8) is 0 Å². The van der Waals surface area contributed by atoms with Crippen LogP contribution in [0.5, 0.6) is 0 Å². The molecule has 0 heterocycles. The lowest BCUT2D eigenvalue weighted by molar-refractivity contribution is 0.0631. The van der Waals surface area contributed by atoms with Gasteiger partial charge in [0.1, 0.15) is 0 Å². The van der Waals surface area contributed by atoms with Crippen molar-refractivity contribution in [3.05, 3.63) is 23.8 Å². The molecule has 0 aromatic heterocycles. The lowest BCUT2D eigenvalue weighted by Crippen LogP contribution is -2.12. The molecule has 0 unspecified atom stereocenters. The van der Waals surface area contributed by atoms with Crippen molar-refractivity contribution in [2.45, 2.75) is 6.92 Å². The molecule has 0 amide bonds. The number of hydrogen-bond acceptors (Lipinski definition) is 8. The van der Waals surface area contributed by atoms with Gasteiger partial charge in [-0.05, 0) is 24.6 Å². The highest BCUT2D eigenvalue weighted by Crippen LogP contribution is 2.23. The smallest absolute Gasteiger partial charge is 0.511 e. The zero-order chi connectivity index (χ0) is 17.5. The first-order valence-electron chi connectivity index (χ1n) is 6.35. The maximum absolute atomic E-state index is 10.00. The molecule has 0 fully saturated rings. The minimum absolute atomic E-state index is 0.0473. The molecule has 0 atom stereocenters. The summed E-state index contributed by atoms with van der Waals surface area (Å²) in [7, 11) is -2.81. The first kappa shape index (κ1) is 20.5. The minimum atomic E-state index is -2.81. The minimum Gasteiger partial charge on any atom is -0.511 e. The molecule has 1 aromatic carbocycles. The van der Waals surface area contributed by atoms with Crippen LogP contribution in [0.3, 0.4) is 0 Å². The highest BCUT2D eigenvalue weighted by atomic mass is 28.3. The first-order valence-corrected chi connectivity index (χ1v) is 7.62. The van der Waals surface area contributed by atoms with E-state index in [1.165, 1.54) is 18.2 Å². The van der Waals surface area contributed by atoms with Crippen molar-refractivity contribution in [2.75, 3.05) is 26.4 Å². The summed E-state index contributed by atoms with van der Waals surface area (Å²) in [6.07, 6.45) is 2.84. The number of aryl methyl sites for hydroxylation is 1. The van der Waals surface area contributed by atoms with Gasteiger partial charge in [-0.15, -0.1) is 0 Å². The third-order valence-electron chi connectivity index (χ3n) is 2.22. The van der Waals surface area contributed by atoms with E-state index in [9.17, 15) is 14.1 Å². The fraction of sp³-hybridized carbons (Fsp3) is 0.385. The SMILES string of the molecule is Cc1ccc(N=C=O)cc1N=C=O.O=[Si](O)OCCOCCO. The van der Waals surface area contributed by atoms with Gasteiger partial charge in [-0.1, -0.05) is 6.07 Å². The van der Waals surface area contributed by atoms with Gasteiger partial charge in [-0.3, -0.25) is 4.46 Å². The molecule has 1 rings (SSSR count). The van der Waals surface area contributed by atoms with Crippen LogP contribution in [0.25, 0.3) is 0 Å². The molecule has 10 heteroatoms. The largest absolute Gasteiger partial charge is 0.764 e. The zero-order valence-electron chi connectivity index (χ0n) is 12.4. The lowest BCUT2D eigenvalue weighted by Gasteiger charge is -2.00. The highest BCUT2D eigenvalue weighted by molar-refractivity contribution is 6.24. The van der Waals surface area contributed by atoms with Crippen LogP contribution in [-0.4, -0.2) is 57.7 Å². The molecule has 0 aliphatic rings. The number of rotatable bonds is 8. The van der Waals surface area contributed by atoms with E-state index in [0.717, 1.165) is 5.56 Å². The van der Waals surface area contributed by atoms with Gasteiger partial charge >= 0.3 is 9.17 Å². The van der Waals surface area contributed by atoms with Crippen LogP contribution in [0.15, 0.2) is 28.2 Å². The topological polar surface area (TPSA) is 135 Å². The molecule has 9 nitrogen and oxygen atoms in total. The standard InChI is InChI=1S/C9H6N2O2.C4H10O5Si/c1-7-2-3-8(10-5-12)4-9(7)11-6-13;5-1-2-8-3-4-9-10(6)7/h2-4H,1H3;5-6H,1-4H2. The molecule has 0 bridgehead atoms. The Kier molecular flexibility index (Phi) is 11.8. The number of aliphatic hydroxyl groups is 1. The van der Waals surface area contributed by atoms with Crippen molar-refractivity contribution in [1.29, 1.82) is 0 Å².